The smallest absolute Gasteiger partial charge is 0.303 e. The Labute approximate surface area is 136 Å². The predicted octanol–water partition coefficient (Wildman–Crippen LogP) is 1.99. The molecule has 0 bridgehead atoms. The van der Waals surface area contributed by atoms with Crippen molar-refractivity contribution in [3.8, 4) is 0 Å². The highest BCUT2D eigenvalue weighted by Crippen LogP contribution is 2.16. The van der Waals surface area contributed by atoms with Crippen molar-refractivity contribution in [1.29, 1.82) is 0 Å². The quantitative estimate of drug-likeness (QED) is 0.573. The molecule has 1 rings (SSSR count). The van der Waals surface area contributed by atoms with Gasteiger partial charge in [-0.15, -0.1) is 0 Å². The van der Waals surface area contributed by atoms with E-state index in [1.165, 1.54) is 0 Å². The molecule has 0 aliphatic rings. The topological polar surface area (TPSA) is 95.5 Å². The molecule has 6 nitrogen and oxygen atoms in total. The molecular formula is C17H24N2O4. The fraction of sp³-hybridized carbons (Fsp3) is 0.471. The second-order valence-corrected chi connectivity index (χ2v) is 5.41. The Morgan fingerprint density at radius 2 is 2.00 bits per heavy atom. The zero-order valence-electron chi connectivity index (χ0n) is 13.5. The van der Waals surface area contributed by atoms with Gasteiger partial charge >= 0.3 is 5.97 Å². The van der Waals surface area contributed by atoms with Crippen molar-refractivity contribution in [3.63, 3.8) is 0 Å². The van der Waals surface area contributed by atoms with Crippen LogP contribution in [0.25, 0.3) is 0 Å². The van der Waals surface area contributed by atoms with E-state index in [2.05, 4.69) is 10.6 Å². The van der Waals surface area contributed by atoms with Crippen LogP contribution in [0, 0.1) is 0 Å². The number of aryl methyl sites for hydroxylation is 1. The van der Waals surface area contributed by atoms with Crippen molar-refractivity contribution in [3.05, 3.63) is 29.8 Å². The average molecular weight is 320 g/mol. The molecule has 1 amide bonds. The Morgan fingerprint density at radius 3 is 2.61 bits per heavy atom. The van der Waals surface area contributed by atoms with Crippen LogP contribution >= 0.6 is 0 Å². The number of aldehydes is 1. The van der Waals surface area contributed by atoms with Crippen LogP contribution in [-0.4, -0.2) is 35.4 Å². The first kappa shape index (κ1) is 18.7. The lowest BCUT2D eigenvalue weighted by Gasteiger charge is -2.19. The number of aliphatic carboxylic acids is 1. The summed E-state index contributed by atoms with van der Waals surface area (Å²) in [5.74, 6) is -1.20. The zero-order chi connectivity index (χ0) is 17.2. The summed E-state index contributed by atoms with van der Waals surface area (Å²) < 4.78 is 0. The van der Waals surface area contributed by atoms with Crippen LogP contribution in [0.4, 0.5) is 5.69 Å². The van der Waals surface area contributed by atoms with Gasteiger partial charge in [0, 0.05) is 12.1 Å². The number of para-hydroxylation sites is 1. The summed E-state index contributed by atoms with van der Waals surface area (Å²) in [5, 5.41) is 14.4. The molecule has 3 N–H and O–H groups in total. The second-order valence-electron chi connectivity index (χ2n) is 5.41. The lowest BCUT2D eigenvalue weighted by molar-refractivity contribution is -0.137. The molecule has 126 valence electrons. The van der Waals surface area contributed by atoms with E-state index in [-0.39, 0.29) is 12.3 Å². The third kappa shape index (κ3) is 6.50. The molecule has 1 aromatic rings. The number of hydrogen-bond acceptors (Lipinski definition) is 4. The third-order valence-electron chi connectivity index (χ3n) is 3.56. The minimum absolute atomic E-state index is 0.0160. The number of nitrogens with one attached hydrogen (secondary N) is 2. The van der Waals surface area contributed by atoms with Crippen molar-refractivity contribution < 1.29 is 19.5 Å². The predicted molar refractivity (Wildman–Crippen MR) is 88.4 cm³/mol. The summed E-state index contributed by atoms with van der Waals surface area (Å²) in [5.41, 5.74) is 2.01. The first-order valence-electron chi connectivity index (χ1n) is 7.79. The highest BCUT2D eigenvalue weighted by Gasteiger charge is 2.18. The summed E-state index contributed by atoms with van der Waals surface area (Å²) in [4.78, 5) is 33.7. The van der Waals surface area contributed by atoms with Crippen LogP contribution in [0.15, 0.2) is 24.3 Å². The minimum Gasteiger partial charge on any atom is -0.481 e. The maximum Gasteiger partial charge on any atom is 0.303 e. The molecule has 6 heteroatoms. The first-order valence-corrected chi connectivity index (χ1v) is 7.79. The fourth-order valence-corrected chi connectivity index (χ4v) is 2.22. The standard InChI is InChI=1S/C17H24N2O4/c1-3-13-7-4-5-9-15(13)18-12(2)17(23)19-14(11-20)8-6-10-16(21)22/h4-5,7,9,11-12,14,18H,3,6,8,10H2,1-2H3,(H,19,23)(H,21,22). The van der Waals surface area contributed by atoms with Gasteiger partial charge in [-0.1, -0.05) is 25.1 Å². The van der Waals surface area contributed by atoms with Crippen molar-refractivity contribution in [2.45, 2.75) is 51.6 Å². The van der Waals surface area contributed by atoms with Crippen LogP contribution in [0.1, 0.15) is 38.7 Å². The Morgan fingerprint density at radius 1 is 1.30 bits per heavy atom. The number of rotatable bonds is 10. The van der Waals surface area contributed by atoms with Crippen LogP contribution in [-0.2, 0) is 20.8 Å². The van der Waals surface area contributed by atoms with E-state index in [1.807, 2.05) is 31.2 Å². The SMILES string of the molecule is CCc1ccccc1NC(C)C(=O)NC(C=O)CCCC(=O)O. The molecule has 0 heterocycles. The summed E-state index contributed by atoms with van der Waals surface area (Å²) in [6.07, 6.45) is 2.15. The Balaban J connectivity index is 2.54. The molecular weight excluding hydrogens is 296 g/mol. The molecule has 0 saturated heterocycles. The van der Waals surface area contributed by atoms with Crippen molar-refractivity contribution >= 4 is 23.9 Å². The van der Waals surface area contributed by atoms with E-state index >= 15 is 0 Å². The lowest BCUT2D eigenvalue weighted by atomic mass is 10.1. The van der Waals surface area contributed by atoms with E-state index in [9.17, 15) is 14.4 Å². The number of benzene rings is 1. The van der Waals surface area contributed by atoms with Gasteiger partial charge < -0.3 is 20.5 Å². The highest BCUT2D eigenvalue weighted by molar-refractivity contribution is 5.86. The molecule has 0 spiro atoms. The van der Waals surface area contributed by atoms with Gasteiger partial charge in [-0.05, 0) is 37.8 Å². The van der Waals surface area contributed by atoms with Crippen LogP contribution in [0.3, 0.4) is 0 Å². The number of amides is 1. The Bertz CT molecular complexity index is 545. The van der Waals surface area contributed by atoms with E-state index in [1.54, 1.807) is 6.92 Å². The molecule has 2 unspecified atom stereocenters. The number of carboxylic acids is 1. The Hall–Kier alpha value is -2.37. The van der Waals surface area contributed by atoms with Crippen LogP contribution < -0.4 is 10.6 Å². The average Bonchev–Trinajstić information content (AvgIpc) is 2.53. The summed E-state index contributed by atoms with van der Waals surface area (Å²) in [6, 6.07) is 6.59. The van der Waals surface area contributed by atoms with E-state index < -0.39 is 18.1 Å². The van der Waals surface area contributed by atoms with E-state index in [4.69, 9.17) is 5.11 Å². The lowest BCUT2D eigenvalue weighted by Crippen LogP contribution is -2.44. The van der Waals surface area contributed by atoms with Gasteiger partial charge in [0.1, 0.15) is 12.3 Å². The molecule has 0 aromatic heterocycles. The van der Waals surface area contributed by atoms with Gasteiger partial charge in [-0.3, -0.25) is 9.59 Å². The molecule has 0 saturated carbocycles. The number of anilines is 1. The van der Waals surface area contributed by atoms with Crippen LogP contribution in [0.5, 0.6) is 0 Å². The number of carboxylic acid groups (broad SMARTS) is 1. The van der Waals surface area contributed by atoms with Gasteiger partial charge in [0.15, 0.2) is 0 Å². The largest absolute Gasteiger partial charge is 0.481 e. The molecule has 0 fully saturated rings. The molecule has 0 radical (unpaired) electrons. The van der Waals surface area contributed by atoms with Crippen molar-refractivity contribution in [1.82, 2.24) is 5.32 Å². The van der Waals surface area contributed by atoms with Gasteiger partial charge in [-0.25, -0.2) is 0 Å². The maximum absolute atomic E-state index is 12.2. The molecule has 23 heavy (non-hydrogen) atoms. The zero-order valence-corrected chi connectivity index (χ0v) is 13.5. The number of carbonyl (C=O) groups is 3. The van der Waals surface area contributed by atoms with Crippen LogP contribution in [0.2, 0.25) is 0 Å². The fourth-order valence-electron chi connectivity index (χ4n) is 2.22. The molecule has 0 aliphatic heterocycles. The normalized spacial score (nSPS) is 13.0. The maximum atomic E-state index is 12.2. The van der Waals surface area contributed by atoms with Crippen molar-refractivity contribution in [2.24, 2.45) is 0 Å². The first-order chi connectivity index (χ1) is 11.0. The highest BCUT2D eigenvalue weighted by atomic mass is 16.4. The van der Waals surface area contributed by atoms with Gasteiger partial charge in [-0.2, -0.15) is 0 Å². The van der Waals surface area contributed by atoms with Gasteiger partial charge in [0.25, 0.3) is 0 Å². The monoisotopic (exact) mass is 320 g/mol. The number of hydrogen-bond donors (Lipinski definition) is 3. The molecule has 0 aliphatic carbocycles. The summed E-state index contributed by atoms with van der Waals surface area (Å²) in [7, 11) is 0. The van der Waals surface area contributed by atoms with Gasteiger partial charge in [0.05, 0.1) is 6.04 Å². The van der Waals surface area contributed by atoms with Gasteiger partial charge in [0.2, 0.25) is 5.91 Å². The Kier molecular flexibility index (Phi) is 7.80. The summed E-state index contributed by atoms with van der Waals surface area (Å²) >= 11 is 0. The van der Waals surface area contributed by atoms with Crippen molar-refractivity contribution in [2.75, 3.05) is 5.32 Å². The minimum atomic E-state index is -0.910. The summed E-state index contributed by atoms with van der Waals surface area (Å²) in [6.45, 7) is 3.76. The molecule has 1 aromatic carbocycles. The third-order valence-corrected chi connectivity index (χ3v) is 3.56. The van der Waals surface area contributed by atoms with E-state index in [0.717, 1.165) is 17.7 Å². The second kappa shape index (κ2) is 9.61. The van der Waals surface area contributed by atoms with E-state index in [0.29, 0.717) is 19.1 Å². The number of carbonyl (C=O) groups excluding carboxylic acids is 2. The molecule has 2 atom stereocenters.